The van der Waals surface area contributed by atoms with Crippen LogP contribution in [-0.2, 0) is 9.59 Å². The predicted octanol–water partition coefficient (Wildman–Crippen LogP) is 2.44. The van der Waals surface area contributed by atoms with Gasteiger partial charge in [0.1, 0.15) is 5.75 Å². The lowest BCUT2D eigenvalue weighted by molar-refractivity contribution is -0.274. The summed E-state index contributed by atoms with van der Waals surface area (Å²) in [6.07, 6.45) is -5.75. The van der Waals surface area contributed by atoms with E-state index in [1.165, 1.54) is 11.3 Å². The molecule has 0 saturated heterocycles. The van der Waals surface area contributed by atoms with Gasteiger partial charge >= 0.3 is 18.2 Å². The molecular formula is C15H13F3N2O4S. The first-order valence-electron chi connectivity index (χ1n) is 6.90. The summed E-state index contributed by atoms with van der Waals surface area (Å²) in [5, 5.41) is 17.8. The zero-order valence-corrected chi connectivity index (χ0v) is 13.4. The third-order valence-electron chi connectivity index (χ3n) is 2.94. The molecule has 1 aromatic heterocycles. The van der Waals surface area contributed by atoms with E-state index in [1.54, 1.807) is 16.8 Å². The summed E-state index contributed by atoms with van der Waals surface area (Å²) >= 11 is 1.38. The van der Waals surface area contributed by atoms with Crippen LogP contribution in [0.15, 0.2) is 41.1 Å². The summed E-state index contributed by atoms with van der Waals surface area (Å²) in [6, 6.07) is 6.01. The lowest BCUT2D eigenvalue weighted by Gasteiger charge is -2.11. The molecule has 2 amide bonds. The average molecular weight is 374 g/mol. The fourth-order valence-electron chi connectivity index (χ4n) is 1.78. The van der Waals surface area contributed by atoms with Crippen LogP contribution in [0.2, 0.25) is 0 Å². The van der Waals surface area contributed by atoms with E-state index in [0.717, 1.165) is 24.3 Å². The smallest absolute Gasteiger partial charge is 0.406 e. The zero-order chi connectivity index (χ0) is 18.4. The maximum Gasteiger partial charge on any atom is 0.573 e. The number of nitrogens with one attached hydrogen (secondary N) is 2. The van der Waals surface area contributed by atoms with Crippen LogP contribution in [0.4, 0.5) is 18.9 Å². The minimum Gasteiger partial charge on any atom is -0.406 e. The second kappa shape index (κ2) is 7.99. The normalized spacial score (nSPS) is 12.3. The summed E-state index contributed by atoms with van der Waals surface area (Å²) in [6.45, 7) is -0.151. The lowest BCUT2D eigenvalue weighted by atomic mass is 10.2. The van der Waals surface area contributed by atoms with Crippen LogP contribution in [-0.4, -0.2) is 29.8 Å². The Labute approximate surface area is 144 Å². The van der Waals surface area contributed by atoms with Gasteiger partial charge in [0, 0.05) is 12.2 Å². The second-order valence-electron chi connectivity index (χ2n) is 4.81. The van der Waals surface area contributed by atoms with Crippen molar-refractivity contribution in [2.45, 2.75) is 12.5 Å². The summed E-state index contributed by atoms with van der Waals surface area (Å²) in [5.41, 5.74) is 0.735. The van der Waals surface area contributed by atoms with Gasteiger partial charge in [0.15, 0.2) is 0 Å². The highest BCUT2D eigenvalue weighted by molar-refractivity contribution is 7.07. The molecule has 1 atom stereocenters. The minimum atomic E-state index is -4.81. The molecule has 0 bridgehead atoms. The van der Waals surface area contributed by atoms with Crippen molar-refractivity contribution in [3.8, 4) is 5.75 Å². The van der Waals surface area contributed by atoms with Gasteiger partial charge in [0.2, 0.25) is 0 Å². The molecule has 2 rings (SSSR count). The Bertz CT molecular complexity index is 717. The van der Waals surface area contributed by atoms with E-state index in [1.807, 2.05) is 0 Å². The summed E-state index contributed by atoms with van der Waals surface area (Å²) < 4.78 is 39.8. The Kier molecular flexibility index (Phi) is 5.99. The van der Waals surface area contributed by atoms with Crippen molar-refractivity contribution in [3.63, 3.8) is 0 Å². The highest BCUT2D eigenvalue weighted by atomic mass is 32.1. The Morgan fingerprint density at radius 2 is 1.84 bits per heavy atom. The number of aliphatic hydroxyl groups excluding tert-OH is 1. The molecule has 0 aliphatic heterocycles. The molecule has 0 fully saturated rings. The van der Waals surface area contributed by atoms with Crippen LogP contribution in [0.25, 0.3) is 0 Å². The number of thiophene rings is 1. The number of ether oxygens (including phenoxy) is 1. The van der Waals surface area contributed by atoms with Crippen molar-refractivity contribution in [1.29, 1.82) is 0 Å². The molecule has 6 nitrogen and oxygen atoms in total. The van der Waals surface area contributed by atoms with Crippen molar-refractivity contribution in [2.75, 3.05) is 11.9 Å². The SMILES string of the molecule is O=C(NC[C@@H](O)c1ccsc1)C(=O)Nc1ccc(OC(F)(F)F)cc1. The molecular weight excluding hydrogens is 361 g/mol. The van der Waals surface area contributed by atoms with Crippen LogP contribution in [0.1, 0.15) is 11.7 Å². The Balaban J connectivity index is 1.83. The molecule has 25 heavy (non-hydrogen) atoms. The number of carbonyl (C=O) groups is 2. The maximum absolute atomic E-state index is 12.0. The van der Waals surface area contributed by atoms with E-state index in [-0.39, 0.29) is 12.2 Å². The van der Waals surface area contributed by atoms with Crippen molar-refractivity contribution >= 4 is 28.8 Å². The third-order valence-corrected chi connectivity index (χ3v) is 3.64. The standard InChI is InChI=1S/C15H13F3N2O4S/c16-15(17,18)24-11-3-1-10(2-4-11)20-14(23)13(22)19-7-12(21)9-5-6-25-8-9/h1-6,8,12,21H,7H2,(H,19,22)(H,20,23)/t12-/m1/s1. The molecule has 0 saturated carbocycles. The maximum atomic E-state index is 12.0. The molecule has 0 aliphatic carbocycles. The number of amides is 2. The first-order valence-corrected chi connectivity index (χ1v) is 7.84. The van der Waals surface area contributed by atoms with Gasteiger partial charge in [-0.1, -0.05) is 0 Å². The van der Waals surface area contributed by atoms with Crippen LogP contribution >= 0.6 is 11.3 Å². The van der Waals surface area contributed by atoms with Gasteiger partial charge in [-0.25, -0.2) is 0 Å². The van der Waals surface area contributed by atoms with Crippen LogP contribution in [0, 0.1) is 0 Å². The quantitative estimate of drug-likeness (QED) is 0.702. The topological polar surface area (TPSA) is 87.7 Å². The summed E-state index contributed by atoms with van der Waals surface area (Å²) in [4.78, 5) is 23.4. The number of carbonyl (C=O) groups excluding carboxylic acids is 2. The van der Waals surface area contributed by atoms with Crippen molar-refractivity contribution in [3.05, 3.63) is 46.7 Å². The molecule has 0 radical (unpaired) electrons. The highest BCUT2D eigenvalue weighted by Gasteiger charge is 2.31. The van der Waals surface area contributed by atoms with Gasteiger partial charge in [-0.15, -0.1) is 13.2 Å². The van der Waals surface area contributed by atoms with Gasteiger partial charge in [-0.05, 0) is 46.7 Å². The fourth-order valence-corrected chi connectivity index (χ4v) is 2.49. The van der Waals surface area contributed by atoms with Gasteiger partial charge in [0.05, 0.1) is 6.10 Å². The molecule has 2 aromatic rings. The Morgan fingerprint density at radius 1 is 1.16 bits per heavy atom. The van der Waals surface area contributed by atoms with E-state index in [9.17, 15) is 27.9 Å². The van der Waals surface area contributed by atoms with Crippen molar-refractivity contribution in [1.82, 2.24) is 5.32 Å². The summed E-state index contributed by atoms with van der Waals surface area (Å²) in [7, 11) is 0. The van der Waals surface area contributed by atoms with Crippen LogP contribution in [0.5, 0.6) is 5.75 Å². The molecule has 1 aromatic carbocycles. The van der Waals surface area contributed by atoms with E-state index in [2.05, 4.69) is 15.4 Å². The minimum absolute atomic E-state index is 0.119. The molecule has 10 heteroatoms. The van der Waals surface area contributed by atoms with Crippen LogP contribution < -0.4 is 15.4 Å². The van der Waals surface area contributed by atoms with Gasteiger partial charge in [0.25, 0.3) is 0 Å². The number of hydrogen-bond acceptors (Lipinski definition) is 5. The number of halogens is 3. The third kappa shape index (κ3) is 6.08. The van der Waals surface area contributed by atoms with Crippen molar-refractivity contribution < 1.29 is 32.6 Å². The highest BCUT2D eigenvalue weighted by Crippen LogP contribution is 2.23. The number of rotatable bonds is 5. The zero-order valence-electron chi connectivity index (χ0n) is 12.5. The average Bonchev–Trinajstić information content (AvgIpc) is 3.07. The Hall–Kier alpha value is -2.59. The van der Waals surface area contributed by atoms with Crippen LogP contribution in [0.3, 0.4) is 0 Å². The van der Waals surface area contributed by atoms with E-state index in [4.69, 9.17) is 0 Å². The van der Waals surface area contributed by atoms with Gasteiger partial charge in [-0.3, -0.25) is 9.59 Å². The number of benzene rings is 1. The number of hydrogen-bond donors (Lipinski definition) is 3. The predicted molar refractivity (Wildman–Crippen MR) is 84.0 cm³/mol. The first-order chi connectivity index (χ1) is 11.7. The van der Waals surface area contributed by atoms with E-state index >= 15 is 0 Å². The molecule has 0 unspecified atom stereocenters. The summed E-state index contributed by atoms with van der Waals surface area (Å²) in [5.74, 6) is -2.44. The monoisotopic (exact) mass is 374 g/mol. The van der Waals surface area contributed by atoms with Gasteiger partial charge < -0.3 is 20.5 Å². The van der Waals surface area contributed by atoms with Crippen molar-refractivity contribution in [2.24, 2.45) is 0 Å². The largest absolute Gasteiger partial charge is 0.573 e. The number of anilines is 1. The number of alkyl halides is 3. The van der Waals surface area contributed by atoms with E-state index < -0.39 is 30.0 Å². The Morgan fingerprint density at radius 3 is 2.40 bits per heavy atom. The van der Waals surface area contributed by atoms with Gasteiger partial charge in [-0.2, -0.15) is 11.3 Å². The molecule has 0 aliphatic rings. The van der Waals surface area contributed by atoms with E-state index in [0.29, 0.717) is 5.56 Å². The first kappa shape index (κ1) is 18.7. The fraction of sp³-hybridized carbons (Fsp3) is 0.200. The molecule has 134 valence electrons. The lowest BCUT2D eigenvalue weighted by Crippen LogP contribution is -2.37. The molecule has 1 heterocycles. The molecule has 3 N–H and O–H groups in total. The second-order valence-corrected chi connectivity index (χ2v) is 5.59. The molecule has 0 spiro atoms. The number of aliphatic hydroxyl groups is 1.